The minimum Gasteiger partial charge on any atom is -0.493 e. The van der Waals surface area contributed by atoms with Crippen LogP contribution < -0.4 is 14.8 Å². The van der Waals surface area contributed by atoms with E-state index in [9.17, 15) is 9.90 Å². The molecule has 1 aromatic carbocycles. The number of nitrogens with one attached hydrogen (secondary N) is 1. The van der Waals surface area contributed by atoms with Crippen LogP contribution in [0.25, 0.3) is 0 Å². The average Bonchev–Trinajstić information content (AvgIpc) is 2.70. The predicted octanol–water partition coefficient (Wildman–Crippen LogP) is 3.65. The Morgan fingerprint density at radius 2 is 1.81 bits per heavy atom. The van der Waals surface area contributed by atoms with E-state index < -0.39 is 11.4 Å². The number of nitrogens with zero attached hydrogens (tertiary/aromatic N) is 1. The maximum Gasteiger partial charge on any atom is 0.310 e. The maximum absolute atomic E-state index is 11.6. The van der Waals surface area contributed by atoms with Crippen LogP contribution in [0.15, 0.2) is 42.7 Å². The zero-order valence-corrected chi connectivity index (χ0v) is 16.2. The molecule has 0 radical (unpaired) electrons. The number of hydrogen-bond donors (Lipinski definition) is 2. The molecule has 2 aromatic rings. The molecule has 0 spiro atoms. The lowest BCUT2D eigenvalue weighted by Gasteiger charge is -2.27. The minimum absolute atomic E-state index is 0.429. The molecular formula is C21H28N2O4. The fraction of sp³-hybridized carbons (Fsp3) is 0.429. The molecule has 2 rings (SSSR count). The van der Waals surface area contributed by atoms with Crippen molar-refractivity contribution in [1.82, 2.24) is 10.3 Å². The van der Waals surface area contributed by atoms with Crippen LogP contribution in [0.5, 0.6) is 11.5 Å². The molecule has 6 nitrogen and oxygen atoms in total. The summed E-state index contributed by atoms with van der Waals surface area (Å²) < 4.78 is 11.3. The molecule has 146 valence electrons. The Kier molecular flexibility index (Phi) is 7.61. The van der Waals surface area contributed by atoms with E-state index in [1.54, 1.807) is 19.5 Å². The number of methoxy groups -OCH3 is 1. The van der Waals surface area contributed by atoms with E-state index in [2.05, 4.69) is 10.3 Å². The van der Waals surface area contributed by atoms with Gasteiger partial charge in [-0.05, 0) is 48.2 Å². The fourth-order valence-corrected chi connectivity index (χ4v) is 2.91. The summed E-state index contributed by atoms with van der Waals surface area (Å²) in [6.45, 7) is 5.26. The van der Waals surface area contributed by atoms with E-state index in [0.29, 0.717) is 44.0 Å². The fourth-order valence-electron chi connectivity index (χ4n) is 2.91. The number of benzene rings is 1. The number of rotatable bonds is 11. The van der Waals surface area contributed by atoms with Gasteiger partial charge in [-0.2, -0.15) is 0 Å². The number of aromatic nitrogens is 1. The largest absolute Gasteiger partial charge is 0.493 e. The van der Waals surface area contributed by atoms with Gasteiger partial charge >= 0.3 is 5.97 Å². The normalized spacial score (nSPS) is 11.2. The van der Waals surface area contributed by atoms with Gasteiger partial charge in [-0.25, -0.2) is 0 Å². The Hall–Kier alpha value is -2.60. The van der Waals surface area contributed by atoms with Crippen LogP contribution in [0.3, 0.4) is 0 Å². The summed E-state index contributed by atoms with van der Waals surface area (Å²) in [5, 5.41) is 12.8. The van der Waals surface area contributed by atoms with Crippen molar-refractivity contribution in [2.24, 2.45) is 5.41 Å². The molecular weight excluding hydrogens is 344 g/mol. The van der Waals surface area contributed by atoms with Crippen LogP contribution in [-0.4, -0.2) is 29.7 Å². The van der Waals surface area contributed by atoms with E-state index in [-0.39, 0.29) is 0 Å². The highest BCUT2D eigenvalue weighted by molar-refractivity contribution is 5.74. The van der Waals surface area contributed by atoms with Crippen LogP contribution >= 0.6 is 0 Å². The van der Waals surface area contributed by atoms with Crippen LogP contribution in [0.2, 0.25) is 0 Å². The van der Waals surface area contributed by atoms with E-state index in [4.69, 9.17) is 9.47 Å². The summed E-state index contributed by atoms with van der Waals surface area (Å²) in [6, 6.07) is 9.55. The molecule has 0 aliphatic rings. The third-order valence-corrected chi connectivity index (χ3v) is 4.97. The van der Waals surface area contributed by atoms with Crippen molar-refractivity contribution in [3.63, 3.8) is 0 Å². The van der Waals surface area contributed by atoms with Crippen molar-refractivity contribution >= 4 is 5.97 Å². The van der Waals surface area contributed by atoms with E-state index in [0.717, 1.165) is 11.1 Å². The molecule has 0 aliphatic carbocycles. The summed E-state index contributed by atoms with van der Waals surface area (Å²) in [7, 11) is 1.61. The smallest absolute Gasteiger partial charge is 0.310 e. The van der Waals surface area contributed by atoms with E-state index >= 15 is 0 Å². The first-order valence-corrected chi connectivity index (χ1v) is 9.17. The first kappa shape index (κ1) is 20.7. The zero-order chi connectivity index (χ0) is 19.7. The summed E-state index contributed by atoms with van der Waals surface area (Å²) >= 11 is 0. The lowest BCUT2D eigenvalue weighted by molar-refractivity contribution is -0.149. The molecule has 27 heavy (non-hydrogen) atoms. The van der Waals surface area contributed by atoms with Gasteiger partial charge in [0.25, 0.3) is 0 Å². The average molecular weight is 372 g/mol. The lowest BCUT2D eigenvalue weighted by atomic mass is 9.82. The molecule has 6 heteroatoms. The van der Waals surface area contributed by atoms with Gasteiger partial charge < -0.3 is 19.9 Å². The standard InChI is InChI=1S/C21H28N2O4/c1-4-21(5-2,20(24)25)15-23-13-17-6-7-18(19(12-17)26-3)27-14-16-8-10-22-11-9-16/h6-12,23H,4-5,13-15H2,1-3H3,(H,24,25). The molecule has 0 atom stereocenters. The van der Waals surface area contributed by atoms with Crippen molar-refractivity contribution in [2.45, 2.75) is 39.8 Å². The van der Waals surface area contributed by atoms with Gasteiger partial charge in [-0.3, -0.25) is 9.78 Å². The first-order valence-electron chi connectivity index (χ1n) is 9.17. The Balaban J connectivity index is 1.97. The van der Waals surface area contributed by atoms with Gasteiger partial charge in [0.2, 0.25) is 0 Å². The molecule has 0 fully saturated rings. The van der Waals surface area contributed by atoms with E-state index in [1.165, 1.54) is 0 Å². The second-order valence-corrected chi connectivity index (χ2v) is 6.53. The van der Waals surface area contributed by atoms with Gasteiger partial charge in [0.15, 0.2) is 11.5 Å². The molecule has 1 heterocycles. The van der Waals surface area contributed by atoms with E-state index in [1.807, 2.05) is 44.2 Å². The van der Waals surface area contributed by atoms with Crippen LogP contribution in [0, 0.1) is 5.41 Å². The van der Waals surface area contributed by atoms with Gasteiger partial charge in [0.05, 0.1) is 12.5 Å². The van der Waals surface area contributed by atoms with Crippen molar-refractivity contribution < 1.29 is 19.4 Å². The van der Waals surface area contributed by atoms with Crippen molar-refractivity contribution in [3.05, 3.63) is 53.9 Å². The van der Waals surface area contributed by atoms with Gasteiger partial charge in [0, 0.05) is 25.5 Å². The molecule has 0 saturated carbocycles. The number of carboxylic acid groups (broad SMARTS) is 1. The van der Waals surface area contributed by atoms with Crippen molar-refractivity contribution in [2.75, 3.05) is 13.7 Å². The first-order chi connectivity index (χ1) is 13.0. The van der Waals surface area contributed by atoms with Crippen LogP contribution in [-0.2, 0) is 17.9 Å². The minimum atomic E-state index is -0.752. The number of aliphatic carboxylic acids is 1. The summed E-state index contributed by atoms with van der Waals surface area (Å²) in [5.41, 5.74) is 1.31. The second kappa shape index (κ2) is 9.92. The predicted molar refractivity (Wildman–Crippen MR) is 104 cm³/mol. The quantitative estimate of drug-likeness (QED) is 0.627. The SMILES string of the molecule is CCC(CC)(CNCc1ccc(OCc2ccncc2)c(OC)c1)C(=O)O. The van der Waals surface area contributed by atoms with Crippen molar-refractivity contribution in [3.8, 4) is 11.5 Å². The molecule has 0 unspecified atom stereocenters. The summed E-state index contributed by atoms with van der Waals surface area (Å²) in [5.74, 6) is 0.566. The monoisotopic (exact) mass is 372 g/mol. The maximum atomic E-state index is 11.6. The second-order valence-electron chi connectivity index (χ2n) is 6.53. The molecule has 0 amide bonds. The Morgan fingerprint density at radius 3 is 2.41 bits per heavy atom. The highest BCUT2D eigenvalue weighted by Gasteiger charge is 2.34. The van der Waals surface area contributed by atoms with Gasteiger partial charge in [-0.15, -0.1) is 0 Å². The number of pyridine rings is 1. The zero-order valence-electron chi connectivity index (χ0n) is 16.2. The third-order valence-electron chi connectivity index (χ3n) is 4.97. The topological polar surface area (TPSA) is 80.7 Å². The molecule has 0 aliphatic heterocycles. The lowest BCUT2D eigenvalue weighted by Crippen LogP contribution is -2.40. The highest BCUT2D eigenvalue weighted by Crippen LogP contribution is 2.29. The summed E-state index contributed by atoms with van der Waals surface area (Å²) in [4.78, 5) is 15.6. The molecule has 0 bridgehead atoms. The Morgan fingerprint density at radius 1 is 1.11 bits per heavy atom. The number of ether oxygens (including phenoxy) is 2. The van der Waals surface area contributed by atoms with Gasteiger partial charge in [-0.1, -0.05) is 19.9 Å². The Bertz CT molecular complexity index is 730. The van der Waals surface area contributed by atoms with Crippen molar-refractivity contribution in [1.29, 1.82) is 0 Å². The van der Waals surface area contributed by atoms with Crippen LogP contribution in [0.4, 0.5) is 0 Å². The number of carbonyl (C=O) groups is 1. The molecule has 1 aromatic heterocycles. The molecule has 2 N–H and O–H groups in total. The van der Waals surface area contributed by atoms with Gasteiger partial charge in [0.1, 0.15) is 6.61 Å². The Labute approximate surface area is 160 Å². The third kappa shape index (κ3) is 5.44. The summed E-state index contributed by atoms with van der Waals surface area (Å²) in [6.07, 6.45) is 4.65. The van der Waals surface area contributed by atoms with Crippen LogP contribution in [0.1, 0.15) is 37.8 Å². The highest BCUT2D eigenvalue weighted by atomic mass is 16.5. The molecule has 0 saturated heterocycles. The number of carboxylic acids is 1. The number of hydrogen-bond acceptors (Lipinski definition) is 5.